The summed E-state index contributed by atoms with van der Waals surface area (Å²) >= 11 is 0. The van der Waals surface area contributed by atoms with Crippen molar-refractivity contribution in [1.82, 2.24) is 10.2 Å². The van der Waals surface area contributed by atoms with Crippen LogP contribution in [-0.4, -0.2) is 36.3 Å². The van der Waals surface area contributed by atoms with Crippen molar-refractivity contribution in [2.24, 2.45) is 11.8 Å². The van der Waals surface area contributed by atoms with Gasteiger partial charge >= 0.3 is 0 Å². The fourth-order valence-electron chi connectivity index (χ4n) is 3.46. The minimum atomic E-state index is 0. The number of amides is 2. The molecule has 0 saturated carbocycles. The Morgan fingerprint density at radius 3 is 2.69 bits per heavy atom. The van der Waals surface area contributed by atoms with Crippen LogP contribution in [0.15, 0.2) is 24.3 Å². The van der Waals surface area contributed by atoms with Crippen LogP contribution in [0.1, 0.15) is 45.6 Å². The summed E-state index contributed by atoms with van der Waals surface area (Å²) in [5.74, 6) is 1.03. The first-order valence-corrected chi connectivity index (χ1v) is 9.35. The topological polar surface area (TPSA) is 61.4 Å². The predicted octanol–water partition coefficient (Wildman–Crippen LogP) is 3.44. The van der Waals surface area contributed by atoms with E-state index in [9.17, 15) is 9.59 Å². The number of hydrogen-bond acceptors (Lipinski definition) is 3. The van der Waals surface area contributed by atoms with Crippen LogP contribution in [0.25, 0.3) is 0 Å². The van der Waals surface area contributed by atoms with Gasteiger partial charge in [0, 0.05) is 32.1 Å². The minimum Gasteiger partial charge on any atom is -0.339 e. The van der Waals surface area contributed by atoms with Crippen LogP contribution < -0.4 is 10.6 Å². The van der Waals surface area contributed by atoms with Gasteiger partial charge in [-0.3, -0.25) is 9.59 Å². The molecule has 1 aromatic carbocycles. The number of halogens is 1. The van der Waals surface area contributed by atoms with Crippen LogP contribution in [0, 0.1) is 11.8 Å². The van der Waals surface area contributed by atoms with E-state index >= 15 is 0 Å². The highest BCUT2D eigenvalue weighted by molar-refractivity contribution is 5.91. The first-order valence-electron chi connectivity index (χ1n) is 9.35. The molecule has 0 bridgehead atoms. The highest BCUT2D eigenvalue weighted by Gasteiger charge is 2.22. The Kier molecular flexibility index (Phi) is 9.66. The fraction of sp³-hybridized carbons (Fsp3) is 0.600. The number of piperidine rings is 1. The lowest BCUT2D eigenvalue weighted by atomic mass is 9.85. The molecular formula is C20H32ClN3O2. The molecule has 1 saturated heterocycles. The second kappa shape index (κ2) is 11.2. The molecule has 26 heavy (non-hydrogen) atoms. The van der Waals surface area contributed by atoms with Crippen molar-refractivity contribution in [3.05, 3.63) is 29.8 Å². The average Bonchev–Trinajstić information content (AvgIpc) is 2.61. The largest absolute Gasteiger partial charge is 0.339 e. The van der Waals surface area contributed by atoms with Crippen LogP contribution >= 0.6 is 12.4 Å². The lowest BCUT2D eigenvalue weighted by Gasteiger charge is -2.28. The van der Waals surface area contributed by atoms with Gasteiger partial charge in [0.25, 0.3) is 0 Å². The first-order chi connectivity index (χ1) is 12.0. The van der Waals surface area contributed by atoms with Crippen LogP contribution in [0.3, 0.4) is 0 Å². The molecule has 2 N–H and O–H groups in total. The molecule has 5 nitrogen and oxygen atoms in total. The van der Waals surface area contributed by atoms with Crippen molar-refractivity contribution < 1.29 is 9.59 Å². The number of nitrogens with one attached hydrogen (secondary N) is 2. The first kappa shape index (κ1) is 22.5. The number of nitrogens with zero attached hydrogens (tertiary/aromatic N) is 1. The number of benzene rings is 1. The molecule has 1 aliphatic heterocycles. The highest BCUT2D eigenvalue weighted by atomic mass is 35.5. The molecule has 2 amide bonds. The zero-order valence-corrected chi connectivity index (χ0v) is 16.9. The molecule has 1 fully saturated rings. The third-order valence-corrected chi connectivity index (χ3v) is 5.13. The summed E-state index contributed by atoms with van der Waals surface area (Å²) in [6, 6.07) is 7.73. The van der Waals surface area contributed by atoms with Gasteiger partial charge in [-0.25, -0.2) is 0 Å². The summed E-state index contributed by atoms with van der Waals surface area (Å²) in [5.41, 5.74) is 1.78. The Hall–Kier alpha value is -1.59. The Labute approximate surface area is 163 Å². The maximum atomic E-state index is 12.5. The monoisotopic (exact) mass is 381 g/mol. The Morgan fingerprint density at radius 2 is 2.08 bits per heavy atom. The van der Waals surface area contributed by atoms with Gasteiger partial charge in [-0.1, -0.05) is 25.1 Å². The second-order valence-electron chi connectivity index (χ2n) is 7.03. The average molecular weight is 382 g/mol. The number of carbonyl (C=O) groups is 2. The van der Waals surface area contributed by atoms with Crippen molar-refractivity contribution in [3.8, 4) is 0 Å². The quantitative estimate of drug-likeness (QED) is 0.760. The number of hydrogen-bond donors (Lipinski definition) is 2. The summed E-state index contributed by atoms with van der Waals surface area (Å²) < 4.78 is 0. The second-order valence-corrected chi connectivity index (χ2v) is 7.03. The van der Waals surface area contributed by atoms with Gasteiger partial charge in [0.05, 0.1) is 0 Å². The summed E-state index contributed by atoms with van der Waals surface area (Å²) in [6.45, 7) is 8.97. The van der Waals surface area contributed by atoms with Crippen molar-refractivity contribution in [2.45, 2.75) is 46.6 Å². The number of para-hydroxylation sites is 1. The number of anilines is 1. The molecule has 1 aromatic rings. The van der Waals surface area contributed by atoms with Gasteiger partial charge in [-0.15, -0.1) is 12.4 Å². The molecule has 146 valence electrons. The molecule has 0 radical (unpaired) electrons. The third kappa shape index (κ3) is 6.61. The third-order valence-electron chi connectivity index (χ3n) is 5.13. The van der Waals surface area contributed by atoms with Crippen molar-refractivity contribution in [2.75, 3.05) is 25.0 Å². The van der Waals surface area contributed by atoms with E-state index in [2.05, 4.69) is 17.6 Å². The molecule has 2 atom stereocenters. The molecule has 1 heterocycles. The summed E-state index contributed by atoms with van der Waals surface area (Å²) in [4.78, 5) is 25.9. The molecule has 1 aliphatic rings. The smallest absolute Gasteiger partial charge is 0.224 e. The highest BCUT2D eigenvalue weighted by Crippen LogP contribution is 2.24. The van der Waals surface area contributed by atoms with E-state index in [4.69, 9.17) is 0 Å². The van der Waals surface area contributed by atoms with E-state index in [1.54, 1.807) is 11.8 Å². The van der Waals surface area contributed by atoms with Gasteiger partial charge in [0.1, 0.15) is 0 Å². The SMILES string of the molecule is CCN(Cc1ccccc1NC(=O)CC(C)C1CCCNC1)C(C)=O.Cl. The molecule has 0 aliphatic carbocycles. The van der Waals surface area contributed by atoms with Crippen molar-refractivity contribution in [3.63, 3.8) is 0 Å². The van der Waals surface area contributed by atoms with Crippen LogP contribution in [0.4, 0.5) is 5.69 Å². The molecule has 0 spiro atoms. The summed E-state index contributed by atoms with van der Waals surface area (Å²) in [7, 11) is 0. The van der Waals surface area contributed by atoms with Gasteiger partial charge in [-0.2, -0.15) is 0 Å². The molecule has 2 rings (SSSR count). The van der Waals surface area contributed by atoms with E-state index in [0.717, 1.165) is 24.3 Å². The van der Waals surface area contributed by atoms with Crippen LogP contribution in [-0.2, 0) is 16.1 Å². The van der Waals surface area contributed by atoms with E-state index in [1.807, 2.05) is 31.2 Å². The van der Waals surface area contributed by atoms with E-state index in [1.165, 1.54) is 12.8 Å². The number of rotatable bonds is 7. The molecule has 2 unspecified atom stereocenters. The molecule has 0 aromatic heterocycles. The lowest BCUT2D eigenvalue weighted by Crippen LogP contribution is -2.34. The Bertz CT molecular complexity index is 588. The van der Waals surface area contributed by atoms with Gasteiger partial charge in [0.15, 0.2) is 0 Å². The standard InChI is InChI=1S/C20H31N3O2.ClH/c1-4-23(16(3)24)14-18-8-5-6-10-19(18)22-20(25)12-15(2)17-9-7-11-21-13-17;/h5-6,8,10,15,17,21H,4,7,9,11-14H2,1-3H3,(H,22,25);1H. The fourth-order valence-corrected chi connectivity index (χ4v) is 3.46. The predicted molar refractivity (Wildman–Crippen MR) is 108 cm³/mol. The maximum Gasteiger partial charge on any atom is 0.224 e. The van der Waals surface area contributed by atoms with Gasteiger partial charge in [0.2, 0.25) is 11.8 Å². The van der Waals surface area contributed by atoms with E-state index in [0.29, 0.717) is 31.3 Å². The van der Waals surface area contributed by atoms with Crippen LogP contribution in [0.5, 0.6) is 0 Å². The van der Waals surface area contributed by atoms with Gasteiger partial charge in [-0.05, 0) is 56.3 Å². The Morgan fingerprint density at radius 1 is 1.35 bits per heavy atom. The maximum absolute atomic E-state index is 12.5. The number of carbonyl (C=O) groups excluding carboxylic acids is 2. The van der Waals surface area contributed by atoms with E-state index in [-0.39, 0.29) is 24.2 Å². The molecule has 6 heteroatoms. The van der Waals surface area contributed by atoms with Crippen molar-refractivity contribution in [1.29, 1.82) is 0 Å². The summed E-state index contributed by atoms with van der Waals surface area (Å²) in [6.07, 6.45) is 2.92. The molecular weight excluding hydrogens is 350 g/mol. The zero-order valence-electron chi connectivity index (χ0n) is 16.1. The lowest BCUT2D eigenvalue weighted by molar-refractivity contribution is -0.129. The minimum absolute atomic E-state index is 0. The van der Waals surface area contributed by atoms with E-state index < -0.39 is 0 Å². The normalized spacial score (nSPS) is 17.7. The van der Waals surface area contributed by atoms with Gasteiger partial charge < -0.3 is 15.5 Å². The Balaban J connectivity index is 0.00000338. The zero-order chi connectivity index (χ0) is 18.2. The van der Waals surface area contributed by atoms with Crippen LogP contribution in [0.2, 0.25) is 0 Å². The van der Waals surface area contributed by atoms with Crippen molar-refractivity contribution >= 4 is 29.9 Å². The summed E-state index contributed by atoms with van der Waals surface area (Å²) in [5, 5.41) is 6.47.